The van der Waals surface area contributed by atoms with Crippen LogP contribution in [0.3, 0.4) is 0 Å². The molecular weight excluding hydrogens is 571 g/mol. The third-order valence-corrected chi connectivity index (χ3v) is 9.68. The summed E-state index contributed by atoms with van der Waals surface area (Å²) >= 11 is 0. The summed E-state index contributed by atoms with van der Waals surface area (Å²) in [4.78, 5) is 0. The predicted molar refractivity (Wildman–Crippen MR) is 197 cm³/mol. The Labute approximate surface area is 271 Å². The van der Waals surface area contributed by atoms with Gasteiger partial charge in [0.1, 0.15) is 0 Å². The van der Waals surface area contributed by atoms with Gasteiger partial charge in [0.15, 0.2) is 0 Å². The van der Waals surface area contributed by atoms with E-state index >= 15 is 0 Å². The minimum atomic E-state index is 1.15. The predicted octanol–water partition coefficient (Wildman–Crippen LogP) is 11.5. The maximum absolute atomic E-state index is 2.43. The first-order valence-electron chi connectivity index (χ1n) is 16.1. The van der Waals surface area contributed by atoms with Crippen LogP contribution in [0.1, 0.15) is 0 Å². The molecule has 0 unspecified atom stereocenters. The minimum absolute atomic E-state index is 1.15. The van der Waals surface area contributed by atoms with E-state index in [2.05, 4.69) is 190 Å². The highest BCUT2D eigenvalue weighted by Gasteiger charge is 2.18. The molecular formula is C44H29N3. The normalized spacial score (nSPS) is 11.8. The van der Waals surface area contributed by atoms with Gasteiger partial charge in [-0.25, -0.2) is 0 Å². The summed E-state index contributed by atoms with van der Waals surface area (Å²) in [6.07, 6.45) is 2.19. The van der Waals surface area contributed by atoms with Crippen molar-refractivity contribution >= 4 is 54.5 Å². The summed E-state index contributed by atoms with van der Waals surface area (Å²) in [6, 6.07) is 61.4. The Balaban J connectivity index is 1.17. The molecule has 0 amide bonds. The molecule has 0 spiro atoms. The molecule has 0 atom stereocenters. The Morgan fingerprint density at radius 2 is 0.872 bits per heavy atom. The summed E-state index contributed by atoms with van der Waals surface area (Å²) in [7, 11) is 0. The van der Waals surface area contributed by atoms with Gasteiger partial charge >= 0.3 is 0 Å². The first-order chi connectivity index (χ1) is 23.3. The van der Waals surface area contributed by atoms with E-state index in [1.165, 1.54) is 65.6 Å². The van der Waals surface area contributed by atoms with Crippen LogP contribution in [0, 0.1) is 0 Å². The maximum Gasteiger partial charge on any atom is 0.0635 e. The maximum atomic E-state index is 2.43. The number of para-hydroxylation sites is 3. The number of nitrogens with zero attached hydrogens (tertiary/aromatic N) is 3. The Morgan fingerprint density at radius 3 is 1.62 bits per heavy atom. The Morgan fingerprint density at radius 1 is 0.298 bits per heavy atom. The molecule has 0 fully saturated rings. The Kier molecular flexibility index (Phi) is 5.57. The molecule has 0 aliphatic heterocycles. The minimum Gasteiger partial charge on any atom is -0.316 e. The Bertz CT molecular complexity index is 2760. The lowest BCUT2D eigenvalue weighted by molar-refractivity contribution is 1.13. The van der Waals surface area contributed by atoms with E-state index in [0.29, 0.717) is 0 Å². The van der Waals surface area contributed by atoms with Gasteiger partial charge in [-0.1, -0.05) is 97.1 Å². The van der Waals surface area contributed by atoms with Crippen LogP contribution >= 0.6 is 0 Å². The van der Waals surface area contributed by atoms with Crippen molar-refractivity contribution in [1.29, 1.82) is 0 Å². The molecule has 0 saturated heterocycles. The fraction of sp³-hybridized carbons (Fsp3) is 0. The zero-order valence-electron chi connectivity index (χ0n) is 25.6. The van der Waals surface area contributed by atoms with E-state index in [-0.39, 0.29) is 0 Å². The summed E-state index contributed by atoms with van der Waals surface area (Å²) in [5.41, 5.74) is 12.0. The lowest BCUT2D eigenvalue weighted by Crippen LogP contribution is -1.97. The lowest BCUT2D eigenvalue weighted by Gasteiger charge is -2.12. The van der Waals surface area contributed by atoms with Gasteiger partial charge in [0.25, 0.3) is 0 Å². The number of fused-ring (bicyclic) bond motifs is 8. The van der Waals surface area contributed by atoms with Crippen LogP contribution in [-0.4, -0.2) is 13.7 Å². The smallest absolute Gasteiger partial charge is 0.0635 e. The van der Waals surface area contributed by atoms with Crippen LogP contribution in [-0.2, 0) is 0 Å². The molecule has 0 N–H and O–H groups in total. The first-order valence-corrected chi connectivity index (χ1v) is 16.1. The molecule has 10 aromatic rings. The van der Waals surface area contributed by atoms with Crippen molar-refractivity contribution in [3.63, 3.8) is 0 Å². The van der Waals surface area contributed by atoms with Gasteiger partial charge in [0.2, 0.25) is 0 Å². The van der Waals surface area contributed by atoms with Gasteiger partial charge in [0.05, 0.1) is 27.6 Å². The number of aromatic nitrogens is 3. The van der Waals surface area contributed by atoms with Gasteiger partial charge in [-0.2, -0.15) is 0 Å². The molecule has 3 heteroatoms. The van der Waals surface area contributed by atoms with E-state index in [9.17, 15) is 0 Å². The van der Waals surface area contributed by atoms with Gasteiger partial charge in [0, 0.05) is 50.2 Å². The lowest BCUT2D eigenvalue weighted by atomic mass is 10.0. The molecule has 3 aromatic heterocycles. The zero-order valence-corrected chi connectivity index (χ0v) is 25.6. The fourth-order valence-electron chi connectivity index (χ4n) is 7.57. The van der Waals surface area contributed by atoms with Gasteiger partial charge in [-0.15, -0.1) is 0 Å². The monoisotopic (exact) mass is 599 g/mol. The highest BCUT2D eigenvalue weighted by molar-refractivity contribution is 6.18. The third kappa shape index (κ3) is 3.87. The molecule has 0 saturated carbocycles. The van der Waals surface area contributed by atoms with Gasteiger partial charge in [-0.05, 0) is 83.9 Å². The molecule has 0 aliphatic rings. The van der Waals surface area contributed by atoms with Crippen molar-refractivity contribution in [1.82, 2.24) is 13.7 Å². The largest absolute Gasteiger partial charge is 0.316 e. The van der Waals surface area contributed by atoms with Crippen molar-refractivity contribution in [2.75, 3.05) is 0 Å². The van der Waals surface area contributed by atoms with Crippen molar-refractivity contribution in [2.24, 2.45) is 0 Å². The van der Waals surface area contributed by atoms with E-state index < -0.39 is 0 Å². The second kappa shape index (κ2) is 10.1. The summed E-state index contributed by atoms with van der Waals surface area (Å²) in [5.74, 6) is 0. The molecule has 3 nitrogen and oxygen atoms in total. The van der Waals surface area contributed by atoms with E-state index in [1.54, 1.807) is 0 Å². The zero-order chi connectivity index (χ0) is 30.9. The molecule has 0 bridgehead atoms. The number of rotatable bonds is 4. The summed E-state index contributed by atoms with van der Waals surface area (Å²) in [6.45, 7) is 0. The molecule has 47 heavy (non-hydrogen) atoms. The average Bonchev–Trinajstić information content (AvgIpc) is 3.83. The first kappa shape index (κ1) is 26.0. The van der Waals surface area contributed by atoms with Crippen LogP contribution < -0.4 is 0 Å². The molecule has 220 valence electrons. The van der Waals surface area contributed by atoms with Crippen molar-refractivity contribution < 1.29 is 0 Å². The van der Waals surface area contributed by atoms with Crippen LogP contribution in [0.25, 0.3) is 82.7 Å². The average molecular weight is 600 g/mol. The van der Waals surface area contributed by atoms with E-state index in [1.807, 2.05) is 0 Å². The summed E-state index contributed by atoms with van der Waals surface area (Å²) in [5, 5.41) is 6.29. The number of hydrogen-bond acceptors (Lipinski definition) is 0. The molecule has 0 aliphatic carbocycles. The number of benzene rings is 7. The SMILES string of the molecule is c1ccc(-c2ccc3c(c2)c2ccccc2n3-c2ccc(-n3c4ccccc4c4ccc5c(ccn5-c5ccccc5)c43)cc2)cc1. The third-order valence-electron chi connectivity index (χ3n) is 9.68. The quantitative estimate of drug-likeness (QED) is 0.191. The number of hydrogen-bond donors (Lipinski definition) is 0. The second-order valence-corrected chi connectivity index (χ2v) is 12.2. The van der Waals surface area contributed by atoms with Crippen LogP contribution in [0.4, 0.5) is 0 Å². The van der Waals surface area contributed by atoms with Crippen LogP contribution in [0.5, 0.6) is 0 Å². The van der Waals surface area contributed by atoms with Gasteiger partial charge < -0.3 is 13.7 Å². The highest BCUT2D eigenvalue weighted by atomic mass is 15.0. The Hall–Kier alpha value is -6.32. The van der Waals surface area contributed by atoms with Gasteiger partial charge in [-0.3, -0.25) is 0 Å². The van der Waals surface area contributed by atoms with Crippen molar-refractivity contribution in [3.8, 4) is 28.2 Å². The van der Waals surface area contributed by atoms with Crippen molar-refractivity contribution in [2.45, 2.75) is 0 Å². The topological polar surface area (TPSA) is 14.8 Å². The van der Waals surface area contributed by atoms with E-state index in [4.69, 9.17) is 0 Å². The van der Waals surface area contributed by atoms with Crippen LogP contribution in [0.2, 0.25) is 0 Å². The molecule has 10 rings (SSSR count). The molecule has 0 radical (unpaired) electrons. The standard InChI is InChI=1S/C44H29N3/c1-3-11-30(12-4-1)31-19-25-43-39(29-31)36-16-8-9-17-41(36)46(43)33-20-22-34(23-21-33)47-42-18-10-7-15-35(42)37-24-26-40-38(44(37)47)27-28-45(40)32-13-5-2-6-14-32/h1-29H. The van der Waals surface area contributed by atoms with E-state index in [0.717, 1.165) is 17.1 Å². The fourth-order valence-corrected chi connectivity index (χ4v) is 7.57. The second-order valence-electron chi connectivity index (χ2n) is 12.2. The molecule has 3 heterocycles. The summed E-state index contributed by atoms with van der Waals surface area (Å²) < 4.78 is 7.11. The molecule has 7 aromatic carbocycles. The van der Waals surface area contributed by atoms with Crippen LogP contribution in [0.15, 0.2) is 176 Å². The van der Waals surface area contributed by atoms with Crippen molar-refractivity contribution in [3.05, 3.63) is 176 Å². The highest BCUT2D eigenvalue weighted by Crippen LogP contribution is 2.39.